The lowest BCUT2D eigenvalue weighted by molar-refractivity contribution is 0.102. The molecule has 0 aliphatic heterocycles. The van der Waals surface area contributed by atoms with E-state index in [1.165, 1.54) is 12.3 Å². The van der Waals surface area contributed by atoms with Crippen LogP contribution < -0.4 is 5.32 Å². The third-order valence-electron chi connectivity index (χ3n) is 1.99. The van der Waals surface area contributed by atoms with Crippen LogP contribution in [0.3, 0.4) is 0 Å². The zero-order valence-corrected chi connectivity index (χ0v) is 9.88. The van der Waals surface area contributed by atoms with E-state index in [1.54, 1.807) is 0 Å². The van der Waals surface area contributed by atoms with Gasteiger partial charge in [-0.2, -0.15) is 5.10 Å². The highest BCUT2D eigenvalue weighted by Crippen LogP contribution is 2.24. The smallest absolute Gasteiger partial charge is 0.273 e. The number of aromatic amines is 1. The molecule has 1 aromatic heterocycles. The van der Waals surface area contributed by atoms with Crippen molar-refractivity contribution in [3.8, 4) is 0 Å². The molecule has 88 valence electrons. The van der Waals surface area contributed by atoms with Crippen LogP contribution in [0, 0.1) is 11.6 Å². The number of nitrogens with one attached hydrogen (secondary N) is 2. The third kappa shape index (κ3) is 2.50. The van der Waals surface area contributed by atoms with Crippen LogP contribution in [0.4, 0.5) is 14.5 Å². The van der Waals surface area contributed by atoms with Crippen LogP contribution in [0.15, 0.2) is 28.9 Å². The summed E-state index contributed by atoms with van der Waals surface area (Å²) < 4.78 is 27.1. The van der Waals surface area contributed by atoms with Gasteiger partial charge < -0.3 is 5.32 Å². The van der Waals surface area contributed by atoms with Gasteiger partial charge in [0.15, 0.2) is 11.6 Å². The molecule has 0 aliphatic carbocycles. The second kappa shape index (κ2) is 4.62. The molecule has 0 aliphatic rings. The Hall–Kier alpha value is -1.76. The molecule has 4 nitrogen and oxygen atoms in total. The number of H-pyrrole nitrogens is 1. The van der Waals surface area contributed by atoms with Crippen molar-refractivity contribution < 1.29 is 13.6 Å². The van der Waals surface area contributed by atoms with Crippen LogP contribution >= 0.6 is 15.9 Å². The van der Waals surface area contributed by atoms with E-state index < -0.39 is 23.2 Å². The first-order chi connectivity index (χ1) is 8.08. The van der Waals surface area contributed by atoms with E-state index in [9.17, 15) is 13.6 Å². The molecule has 2 aromatic rings. The fourth-order valence-corrected chi connectivity index (χ4v) is 1.63. The lowest BCUT2D eigenvalue weighted by Gasteiger charge is -2.06. The van der Waals surface area contributed by atoms with Crippen LogP contribution in [-0.4, -0.2) is 16.1 Å². The van der Waals surface area contributed by atoms with Crippen molar-refractivity contribution in [1.82, 2.24) is 10.2 Å². The molecule has 2 rings (SSSR count). The summed E-state index contributed by atoms with van der Waals surface area (Å²) in [6, 6.07) is 3.52. The maximum Gasteiger partial charge on any atom is 0.273 e. The molecule has 0 atom stereocenters. The summed E-state index contributed by atoms with van der Waals surface area (Å²) in [6.07, 6.45) is 1.36. The molecule has 0 saturated heterocycles. The van der Waals surface area contributed by atoms with Crippen LogP contribution in [-0.2, 0) is 0 Å². The van der Waals surface area contributed by atoms with Gasteiger partial charge in [0.25, 0.3) is 5.91 Å². The number of carbonyl (C=O) groups excluding carboxylic acids is 1. The van der Waals surface area contributed by atoms with Crippen LogP contribution in [0.1, 0.15) is 10.5 Å². The largest absolute Gasteiger partial charge is 0.316 e. The normalized spacial score (nSPS) is 10.3. The minimum absolute atomic E-state index is 0.117. The van der Waals surface area contributed by atoms with Gasteiger partial charge in [-0.3, -0.25) is 9.89 Å². The summed E-state index contributed by atoms with van der Waals surface area (Å²) in [5.74, 6) is -2.38. The summed E-state index contributed by atoms with van der Waals surface area (Å²) in [6.45, 7) is 0. The molecular weight excluding hydrogens is 296 g/mol. The Kier molecular flexibility index (Phi) is 3.19. The first kappa shape index (κ1) is 11.7. The van der Waals surface area contributed by atoms with Crippen molar-refractivity contribution in [3.05, 3.63) is 46.2 Å². The Morgan fingerprint density at radius 1 is 1.35 bits per heavy atom. The van der Waals surface area contributed by atoms with E-state index in [1.807, 2.05) is 0 Å². The first-order valence-corrected chi connectivity index (χ1v) is 5.32. The molecule has 0 saturated carbocycles. The average molecular weight is 302 g/mol. The molecule has 0 spiro atoms. The Morgan fingerprint density at radius 2 is 2.00 bits per heavy atom. The maximum absolute atomic E-state index is 13.4. The molecular formula is C10H6BrF2N3O. The summed E-state index contributed by atoms with van der Waals surface area (Å²) in [5.41, 5.74) is -0.375. The highest BCUT2D eigenvalue weighted by atomic mass is 79.9. The van der Waals surface area contributed by atoms with Crippen molar-refractivity contribution in [2.75, 3.05) is 5.32 Å². The van der Waals surface area contributed by atoms with Gasteiger partial charge in [0, 0.05) is 10.7 Å². The highest BCUT2D eigenvalue weighted by molar-refractivity contribution is 9.10. The molecule has 0 bridgehead atoms. The van der Waals surface area contributed by atoms with Gasteiger partial charge in [0.2, 0.25) is 0 Å². The lowest BCUT2D eigenvalue weighted by atomic mass is 10.2. The van der Waals surface area contributed by atoms with Crippen molar-refractivity contribution >= 4 is 27.5 Å². The summed E-state index contributed by atoms with van der Waals surface area (Å²) in [5, 5.41) is 8.08. The Bertz CT molecular complexity index is 534. The molecule has 1 heterocycles. The van der Waals surface area contributed by atoms with Gasteiger partial charge in [-0.05, 0) is 18.2 Å². The molecule has 1 aromatic carbocycles. The van der Waals surface area contributed by atoms with E-state index in [2.05, 4.69) is 31.4 Å². The van der Waals surface area contributed by atoms with Gasteiger partial charge in [-0.1, -0.05) is 15.9 Å². The predicted octanol–water partition coefficient (Wildman–Crippen LogP) is 2.70. The van der Waals surface area contributed by atoms with Crippen molar-refractivity contribution in [2.24, 2.45) is 0 Å². The average Bonchev–Trinajstić information content (AvgIpc) is 2.76. The molecule has 17 heavy (non-hydrogen) atoms. The summed E-state index contributed by atoms with van der Waals surface area (Å²) in [7, 11) is 0. The van der Waals surface area contributed by atoms with Crippen LogP contribution in [0.2, 0.25) is 0 Å². The number of anilines is 1. The summed E-state index contributed by atoms with van der Waals surface area (Å²) >= 11 is 2.94. The number of aromatic nitrogens is 2. The quantitative estimate of drug-likeness (QED) is 0.896. The molecule has 0 radical (unpaired) electrons. The summed E-state index contributed by atoms with van der Waals surface area (Å²) in [4.78, 5) is 11.5. The number of rotatable bonds is 2. The SMILES string of the molecule is O=C(Nc1c(F)cc(Br)cc1F)c1ccn[nH]1. The topological polar surface area (TPSA) is 57.8 Å². The molecule has 2 N–H and O–H groups in total. The Balaban J connectivity index is 2.28. The van der Waals surface area contributed by atoms with E-state index in [-0.39, 0.29) is 10.2 Å². The van der Waals surface area contributed by atoms with E-state index in [0.29, 0.717) is 0 Å². The van der Waals surface area contributed by atoms with Gasteiger partial charge in [-0.25, -0.2) is 8.78 Å². The molecule has 0 fully saturated rings. The lowest BCUT2D eigenvalue weighted by Crippen LogP contribution is -2.14. The second-order valence-electron chi connectivity index (χ2n) is 3.17. The van der Waals surface area contributed by atoms with Crippen LogP contribution in [0.5, 0.6) is 0 Å². The zero-order valence-electron chi connectivity index (χ0n) is 8.30. The number of carbonyl (C=O) groups is 1. The third-order valence-corrected chi connectivity index (χ3v) is 2.45. The van der Waals surface area contributed by atoms with Crippen molar-refractivity contribution in [3.63, 3.8) is 0 Å². The van der Waals surface area contributed by atoms with Gasteiger partial charge in [0.05, 0.1) is 0 Å². The molecule has 7 heteroatoms. The predicted molar refractivity (Wildman–Crippen MR) is 60.6 cm³/mol. The van der Waals surface area contributed by atoms with Gasteiger partial charge >= 0.3 is 0 Å². The van der Waals surface area contributed by atoms with Gasteiger partial charge in [-0.15, -0.1) is 0 Å². The first-order valence-electron chi connectivity index (χ1n) is 4.53. The number of nitrogens with zero attached hydrogens (tertiary/aromatic N) is 1. The number of halogens is 3. The number of hydrogen-bond donors (Lipinski definition) is 2. The minimum Gasteiger partial charge on any atom is -0.316 e. The van der Waals surface area contributed by atoms with Crippen LogP contribution in [0.25, 0.3) is 0 Å². The van der Waals surface area contributed by atoms with Crippen molar-refractivity contribution in [1.29, 1.82) is 0 Å². The molecule has 1 amide bonds. The molecule has 0 unspecified atom stereocenters. The second-order valence-corrected chi connectivity index (χ2v) is 4.08. The zero-order chi connectivity index (χ0) is 12.4. The number of hydrogen-bond acceptors (Lipinski definition) is 2. The fraction of sp³-hybridized carbons (Fsp3) is 0. The fourth-order valence-electron chi connectivity index (χ4n) is 1.22. The van der Waals surface area contributed by atoms with Crippen molar-refractivity contribution in [2.45, 2.75) is 0 Å². The van der Waals surface area contributed by atoms with Gasteiger partial charge in [0.1, 0.15) is 11.4 Å². The Labute approximate surface area is 103 Å². The Morgan fingerprint density at radius 3 is 2.53 bits per heavy atom. The van der Waals surface area contributed by atoms with E-state index >= 15 is 0 Å². The number of amides is 1. The standard InChI is InChI=1S/C10H6BrF2N3O/c11-5-3-6(12)9(7(13)4-5)15-10(17)8-1-2-14-16-8/h1-4H,(H,14,16)(H,15,17). The van der Waals surface area contributed by atoms with E-state index in [0.717, 1.165) is 12.1 Å². The monoisotopic (exact) mass is 301 g/mol. The number of benzene rings is 1. The minimum atomic E-state index is -0.857. The van der Waals surface area contributed by atoms with E-state index in [4.69, 9.17) is 0 Å². The maximum atomic E-state index is 13.4. The highest BCUT2D eigenvalue weighted by Gasteiger charge is 2.15.